The molecule has 2 fully saturated rings. The Morgan fingerprint density at radius 1 is 1.30 bits per heavy atom. The smallest absolute Gasteiger partial charge is 0.259 e. The fraction of sp³-hybridized carbons (Fsp3) is 0.519. The van der Waals surface area contributed by atoms with Crippen molar-refractivity contribution in [1.29, 1.82) is 5.26 Å². The number of amides is 1. The summed E-state index contributed by atoms with van der Waals surface area (Å²) in [6, 6.07) is 11.2. The molecule has 5 rings (SSSR count). The van der Waals surface area contributed by atoms with Gasteiger partial charge < -0.3 is 23.8 Å². The van der Waals surface area contributed by atoms with Gasteiger partial charge in [0.15, 0.2) is 23.2 Å². The van der Waals surface area contributed by atoms with Gasteiger partial charge in [0.25, 0.3) is 14.4 Å². The Morgan fingerprint density at radius 3 is 2.77 bits per heavy atom. The summed E-state index contributed by atoms with van der Waals surface area (Å²) in [6.45, 7) is 8.61. The predicted octanol–water partition coefficient (Wildman–Crippen LogP) is 4.43. The van der Waals surface area contributed by atoms with E-state index in [0.29, 0.717) is 16.7 Å². The SMILES string of the molecule is [2H]C[C@]12CO[C@@H](C1OP(OCCC#N)N(C(C)C)C(C)C)[C@H](n1cnc3c(NC(=O)c4ccccc4)ncnc31)O2. The highest BCUT2D eigenvalue weighted by atomic mass is 31.2. The number of hydrogen-bond acceptors (Lipinski definition) is 10. The Bertz CT molecular complexity index is 1400. The zero-order valence-corrected chi connectivity index (χ0v) is 23.8. The van der Waals surface area contributed by atoms with Crippen molar-refractivity contribution >= 4 is 31.4 Å². The van der Waals surface area contributed by atoms with Gasteiger partial charge in [-0.2, -0.15) is 5.26 Å². The van der Waals surface area contributed by atoms with Crippen LogP contribution in [0.1, 0.15) is 59.0 Å². The van der Waals surface area contributed by atoms with Crippen molar-refractivity contribution in [1.82, 2.24) is 24.2 Å². The van der Waals surface area contributed by atoms with Gasteiger partial charge in [-0.15, -0.1) is 0 Å². The maximum Gasteiger partial charge on any atom is 0.259 e. The predicted molar refractivity (Wildman–Crippen MR) is 148 cm³/mol. The third-order valence-electron chi connectivity index (χ3n) is 6.74. The molecule has 13 heteroatoms. The molecule has 2 aromatic heterocycles. The molecule has 0 spiro atoms. The molecule has 3 aromatic rings. The summed E-state index contributed by atoms with van der Waals surface area (Å²) in [7, 11) is -1.58. The van der Waals surface area contributed by atoms with Crippen molar-refractivity contribution in [3.8, 4) is 6.07 Å². The summed E-state index contributed by atoms with van der Waals surface area (Å²) in [5.74, 6) is -0.0421. The number of benzene rings is 1. The molecule has 2 bridgehead atoms. The second kappa shape index (κ2) is 11.8. The van der Waals surface area contributed by atoms with Crippen molar-refractivity contribution in [2.75, 3.05) is 18.5 Å². The molecule has 2 aliphatic rings. The van der Waals surface area contributed by atoms with E-state index in [1.165, 1.54) is 6.33 Å². The monoisotopic (exact) mass is 568 g/mol. The first-order chi connectivity index (χ1) is 19.8. The van der Waals surface area contributed by atoms with Gasteiger partial charge in [0.2, 0.25) is 0 Å². The number of nitrogens with zero attached hydrogens (tertiary/aromatic N) is 6. The molecule has 0 radical (unpaired) electrons. The number of fused-ring (bicyclic) bond motifs is 3. The first-order valence-electron chi connectivity index (χ1n) is 13.9. The topological polar surface area (TPSA) is 137 Å². The number of imidazole rings is 1. The molecule has 12 nitrogen and oxygen atoms in total. The standard InChI is InChI=1S/C27H34N7O5P/c1-17(2)34(18(3)4)40(37-13-9-12-28)39-22-21-26(38-27(22,5)14-36-21)33-16-31-20-23(29-15-30-24(20)33)32-25(35)19-10-7-6-8-11-19/h6-8,10-11,15-18,21-22,26H,9,13-14H2,1-5H3,(H,29,30,32,35)/t21-,22?,26+,27-,40?/m0/s1/i5D. The number of carbonyl (C=O) groups excluding carboxylic acids is 1. The number of rotatable bonds is 11. The number of carbonyl (C=O) groups is 1. The number of aromatic nitrogens is 4. The molecule has 2 saturated heterocycles. The zero-order valence-electron chi connectivity index (χ0n) is 23.9. The van der Waals surface area contributed by atoms with Crippen LogP contribution in [0.5, 0.6) is 0 Å². The van der Waals surface area contributed by atoms with Gasteiger partial charge in [-0.05, 0) is 46.7 Å². The molecular weight excluding hydrogens is 533 g/mol. The zero-order chi connectivity index (χ0) is 29.1. The van der Waals surface area contributed by atoms with Crippen LogP contribution in [0.2, 0.25) is 0 Å². The van der Waals surface area contributed by atoms with Crippen molar-refractivity contribution in [3.63, 3.8) is 0 Å². The lowest BCUT2D eigenvalue weighted by Crippen LogP contribution is -2.40. The van der Waals surface area contributed by atoms with Crippen LogP contribution in [0, 0.1) is 11.3 Å². The normalized spacial score (nSPS) is 25.1. The number of nitriles is 1. The van der Waals surface area contributed by atoms with Gasteiger partial charge in [0.05, 0.1) is 32.0 Å². The van der Waals surface area contributed by atoms with Gasteiger partial charge in [-0.1, -0.05) is 18.2 Å². The van der Waals surface area contributed by atoms with Gasteiger partial charge in [-0.25, -0.2) is 19.6 Å². The van der Waals surface area contributed by atoms with E-state index in [1.807, 2.05) is 6.07 Å². The van der Waals surface area contributed by atoms with E-state index in [1.54, 1.807) is 35.2 Å². The summed E-state index contributed by atoms with van der Waals surface area (Å²) >= 11 is 0. The second-order valence-corrected chi connectivity index (χ2v) is 11.7. The average Bonchev–Trinajstić information content (AvgIpc) is 3.63. The van der Waals surface area contributed by atoms with E-state index >= 15 is 0 Å². The first kappa shape index (κ1) is 27.1. The molecule has 0 aliphatic carbocycles. The minimum Gasteiger partial charge on any atom is -0.368 e. The quantitative estimate of drug-likeness (QED) is 0.261. The highest BCUT2D eigenvalue weighted by molar-refractivity contribution is 7.44. The number of nitrogens with one attached hydrogen (secondary N) is 1. The first-order valence-corrected chi connectivity index (χ1v) is 14.3. The van der Waals surface area contributed by atoms with Crippen molar-refractivity contribution in [2.45, 2.75) is 77.1 Å². The van der Waals surface area contributed by atoms with E-state index in [4.69, 9.17) is 25.2 Å². The van der Waals surface area contributed by atoms with Crippen LogP contribution in [0.15, 0.2) is 43.0 Å². The molecule has 2 unspecified atom stereocenters. The summed E-state index contributed by atoms with van der Waals surface area (Å²) < 4.78 is 37.7. The van der Waals surface area contributed by atoms with Gasteiger partial charge in [0, 0.05) is 19.0 Å². The van der Waals surface area contributed by atoms with Crippen LogP contribution in [0.3, 0.4) is 0 Å². The fourth-order valence-corrected chi connectivity index (χ4v) is 6.82. The molecule has 0 saturated carbocycles. The Morgan fingerprint density at radius 2 is 2.08 bits per heavy atom. The maximum atomic E-state index is 12.8. The second-order valence-electron chi connectivity index (χ2n) is 10.3. The third kappa shape index (κ3) is 5.46. The third-order valence-corrected chi connectivity index (χ3v) is 8.85. The Balaban J connectivity index is 1.42. The average molecular weight is 569 g/mol. The van der Waals surface area contributed by atoms with E-state index in [-0.39, 0.29) is 50.3 Å². The molecule has 40 heavy (non-hydrogen) atoms. The van der Waals surface area contributed by atoms with Crippen molar-refractivity contribution in [2.24, 2.45) is 0 Å². The lowest BCUT2D eigenvalue weighted by Gasteiger charge is -2.38. The molecular formula is C27H34N7O5P. The van der Waals surface area contributed by atoms with Gasteiger partial charge in [-0.3, -0.25) is 9.36 Å². The Labute approximate surface area is 236 Å². The minimum absolute atomic E-state index is 0.0879. The Kier molecular flexibility index (Phi) is 8.03. The van der Waals surface area contributed by atoms with Crippen molar-refractivity contribution < 1.29 is 24.7 Å². The fourth-order valence-electron chi connectivity index (χ4n) is 5.01. The molecule has 1 aromatic carbocycles. The van der Waals surface area contributed by atoms with Gasteiger partial charge in [0.1, 0.15) is 24.1 Å². The summed E-state index contributed by atoms with van der Waals surface area (Å²) in [5.41, 5.74) is 0.309. The lowest BCUT2D eigenvalue weighted by molar-refractivity contribution is -0.164. The van der Waals surface area contributed by atoms with Crippen LogP contribution >= 0.6 is 8.53 Å². The van der Waals surface area contributed by atoms with E-state index in [0.717, 1.165) is 0 Å². The van der Waals surface area contributed by atoms with Gasteiger partial charge >= 0.3 is 0 Å². The van der Waals surface area contributed by atoms with Crippen LogP contribution in [0.4, 0.5) is 5.82 Å². The van der Waals surface area contributed by atoms with Crippen LogP contribution < -0.4 is 5.32 Å². The summed E-state index contributed by atoms with van der Waals surface area (Å²) in [4.78, 5) is 25.9. The Hall–Kier alpha value is -3.04. The number of hydrogen-bond donors (Lipinski definition) is 1. The van der Waals surface area contributed by atoms with Crippen molar-refractivity contribution in [3.05, 3.63) is 48.5 Å². The highest BCUT2D eigenvalue weighted by Crippen LogP contribution is 2.55. The van der Waals surface area contributed by atoms with E-state index in [2.05, 4.69) is 58.7 Å². The van der Waals surface area contributed by atoms with Crippen LogP contribution in [0.25, 0.3) is 11.2 Å². The minimum atomic E-state index is -1.58. The lowest BCUT2D eigenvalue weighted by atomic mass is 10.0. The van der Waals surface area contributed by atoms with Crippen LogP contribution in [-0.4, -0.2) is 73.2 Å². The molecule has 2 aliphatic heterocycles. The largest absolute Gasteiger partial charge is 0.368 e. The highest BCUT2D eigenvalue weighted by Gasteiger charge is 2.62. The summed E-state index contributed by atoms with van der Waals surface area (Å²) in [6.07, 6.45) is 1.31. The molecule has 5 atom stereocenters. The van der Waals surface area contributed by atoms with E-state index in [9.17, 15) is 4.79 Å². The molecule has 4 heterocycles. The number of ether oxygens (including phenoxy) is 2. The summed E-state index contributed by atoms with van der Waals surface area (Å²) in [5, 5.41) is 11.9. The van der Waals surface area contributed by atoms with E-state index < -0.39 is 32.6 Å². The molecule has 1 N–H and O–H groups in total. The number of anilines is 1. The molecule has 1 amide bonds. The van der Waals surface area contributed by atoms with Crippen LogP contribution in [-0.2, 0) is 18.5 Å². The molecule has 212 valence electrons. The maximum absolute atomic E-state index is 12.8.